The van der Waals surface area contributed by atoms with Crippen molar-refractivity contribution in [1.82, 2.24) is 4.90 Å². The molecule has 5 heteroatoms. The topological polar surface area (TPSA) is 55.8 Å². The second-order valence-corrected chi connectivity index (χ2v) is 8.52. The number of carbonyl (C=O) groups excluding carboxylic acids is 2. The molecule has 0 saturated heterocycles. The van der Waals surface area contributed by atoms with Crippen molar-refractivity contribution < 1.29 is 19.1 Å². The molecule has 0 aliphatic heterocycles. The molecular weight excluding hydrogens is 378 g/mol. The maximum Gasteiger partial charge on any atom is 0.410 e. The van der Waals surface area contributed by atoms with Crippen LogP contribution in [0.1, 0.15) is 124 Å². The number of hydrogen-bond acceptors (Lipinski definition) is 4. The minimum absolute atomic E-state index is 0.361. The molecule has 0 bridgehead atoms. The molecular formula is C25H49NO4. The smallest absolute Gasteiger partial charge is 0.410 e. The van der Waals surface area contributed by atoms with Crippen LogP contribution in [-0.2, 0) is 14.3 Å². The normalized spacial score (nSPS) is 11.9. The van der Waals surface area contributed by atoms with E-state index in [1.54, 1.807) is 14.0 Å². The summed E-state index contributed by atoms with van der Waals surface area (Å²) in [6.07, 6.45) is 19.6. The predicted molar refractivity (Wildman–Crippen MR) is 125 cm³/mol. The van der Waals surface area contributed by atoms with Crippen molar-refractivity contribution in [1.29, 1.82) is 0 Å². The summed E-state index contributed by atoms with van der Waals surface area (Å²) in [4.78, 5) is 25.3. The van der Waals surface area contributed by atoms with Gasteiger partial charge in [0.2, 0.25) is 0 Å². The number of esters is 1. The van der Waals surface area contributed by atoms with Crippen molar-refractivity contribution in [3.05, 3.63) is 0 Å². The third-order valence-electron chi connectivity index (χ3n) is 5.68. The average molecular weight is 428 g/mol. The number of ether oxygens (including phenoxy) is 2. The lowest BCUT2D eigenvalue weighted by atomic mass is 10.0. The van der Waals surface area contributed by atoms with Gasteiger partial charge >= 0.3 is 12.1 Å². The fourth-order valence-electron chi connectivity index (χ4n) is 3.31. The number of rotatable bonds is 20. The van der Waals surface area contributed by atoms with Gasteiger partial charge in [-0.25, -0.2) is 9.59 Å². The number of amides is 1. The fourth-order valence-corrected chi connectivity index (χ4v) is 3.31. The molecule has 1 atom stereocenters. The third kappa shape index (κ3) is 16.5. The summed E-state index contributed by atoms with van der Waals surface area (Å²) < 4.78 is 10.4. The molecule has 0 aromatic rings. The molecule has 1 unspecified atom stereocenters. The van der Waals surface area contributed by atoms with Crippen LogP contribution in [0, 0.1) is 0 Å². The van der Waals surface area contributed by atoms with Gasteiger partial charge in [-0.15, -0.1) is 0 Å². The van der Waals surface area contributed by atoms with Crippen molar-refractivity contribution in [3.8, 4) is 0 Å². The van der Waals surface area contributed by atoms with Gasteiger partial charge in [0.05, 0.1) is 13.2 Å². The minimum atomic E-state index is -0.620. The van der Waals surface area contributed by atoms with Crippen LogP contribution in [0.2, 0.25) is 0 Å². The Kier molecular flexibility index (Phi) is 20.1. The zero-order valence-electron chi connectivity index (χ0n) is 20.4. The zero-order chi connectivity index (χ0) is 22.5. The summed E-state index contributed by atoms with van der Waals surface area (Å²) >= 11 is 0. The summed E-state index contributed by atoms with van der Waals surface area (Å²) in [6, 6.07) is -0.620. The van der Waals surface area contributed by atoms with Gasteiger partial charge < -0.3 is 9.47 Å². The highest BCUT2D eigenvalue weighted by Gasteiger charge is 2.24. The van der Waals surface area contributed by atoms with Crippen LogP contribution in [-0.4, -0.2) is 43.3 Å². The molecule has 0 aromatic carbocycles. The molecule has 5 nitrogen and oxygen atoms in total. The Labute approximate surface area is 186 Å². The Bertz CT molecular complexity index is 414. The van der Waals surface area contributed by atoms with E-state index in [4.69, 9.17) is 9.47 Å². The van der Waals surface area contributed by atoms with Crippen LogP contribution < -0.4 is 0 Å². The molecule has 0 aliphatic rings. The molecule has 0 aliphatic carbocycles. The predicted octanol–water partition coefficient (Wildman–Crippen LogP) is 7.27. The molecule has 0 heterocycles. The summed E-state index contributed by atoms with van der Waals surface area (Å²) in [5, 5.41) is 0. The molecule has 178 valence electrons. The lowest BCUT2D eigenvalue weighted by Crippen LogP contribution is -2.41. The van der Waals surface area contributed by atoms with Crippen LogP contribution in [0.25, 0.3) is 0 Å². The van der Waals surface area contributed by atoms with E-state index in [-0.39, 0.29) is 5.97 Å². The number of nitrogens with zero attached hydrogens (tertiary/aromatic N) is 1. The summed E-state index contributed by atoms with van der Waals surface area (Å²) in [5.74, 6) is -0.361. The Hall–Kier alpha value is -1.26. The highest BCUT2D eigenvalue weighted by atomic mass is 16.6. The Morgan fingerprint density at radius 1 is 0.633 bits per heavy atom. The average Bonchev–Trinajstić information content (AvgIpc) is 2.75. The monoisotopic (exact) mass is 427 g/mol. The van der Waals surface area contributed by atoms with Crippen molar-refractivity contribution in [2.24, 2.45) is 0 Å². The minimum Gasteiger partial charge on any atom is -0.464 e. The number of unbranched alkanes of at least 4 members (excludes halogenated alkanes) is 14. The molecule has 1 amide bonds. The molecule has 0 spiro atoms. The molecule has 0 saturated carbocycles. The van der Waals surface area contributed by atoms with Gasteiger partial charge in [0, 0.05) is 7.05 Å². The lowest BCUT2D eigenvalue weighted by molar-refractivity contribution is -0.148. The molecule has 0 radical (unpaired) electrons. The molecule has 0 rings (SSSR count). The van der Waals surface area contributed by atoms with Crippen molar-refractivity contribution in [3.63, 3.8) is 0 Å². The van der Waals surface area contributed by atoms with Crippen LogP contribution in [0.5, 0.6) is 0 Å². The Morgan fingerprint density at radius 3 is 1.50 bits per heavy atom. The maximum atomic E-state index is 12.1. The van der Waals surface area contributed by atoms with Crippen molar-refractivity contribution >= 4 is 12.1 Å². The van der Waals surface area contributed by atoms with Crippen LogP contribution in [0.3, 0.4) is 0 Å². The van der Waals surface area contributed by atoms with Crippen LogP contribution in [0.15, 0.2) is 0 Å². The van der Waals surface area contributed by atoms with Crippen molar-refractivity contribution in [2.45, 2.75) is 130 Å². The van der Waals surface area contributed by atoms with Gasteiger partial charge in [-0.1, -0.05) is 104 Å². The van der Waals surface area contributed by atoms with E-state index in [0.717, 1.165) is 25.7 Å². The van der Waals surface area contributed by atoms with Gasteiger partial charge in [-0.05, 0) is 19.8 Å². The second kappa shape index (κ2) is 21.0. The van der Waals surface area contributed by atoms with E-state index in [1.165, 1.54) is 81.9 Å². The summed E-state index contributed by atoms with van der Waals surface area (Å²) in [5.41, 5.74) is 0. The largest absolute Gasteiger partial charge is 0.464 e. The first kappa shape index (κ1) is 28.7. The fraction of sp³-hybridized carbons (Fsp3) is 0.920. The maximum absolute atomic E-state index is 12.1. The highest BCUT2D eigenvalue weighted by Crippen LogP contribution is 2.13. The SMILES string of the molecule is CCCCCCCCCCCCCCCCOC(=O)C(C)N(C)C(=O)OCCCC. The van der Waals surface area contributed by atoms with Gasteiger partial charge in [-0.2, -0.15) is 0 Å². The Balaban J connectivity index is 3.50. The lowest BCUT2D eigenvalue weighted by Gasteiger charge is -2.22. The van der Waals surface area contributed by atoms with E-state index in [1.807, 2.05) is 6.92 Å². The Morgan fingerprint density at radius 2 is 1.03 bits per heavy atom. The number of likely N-dealkylation sites (N-methyl/N-ethyl adjacent to an activating group) is 1. The molecule has 0 fully saturated rings. The zero-order valence-corrected chi connectivity index (χ0v) is 20.4. The number of carbonyl (C=O) groups is 2. The molecule has 0 aromatic heterocycles. The first-order chi connectivity index (χ1) is 14.5. The number of hydrogen-bond donors (Lipinski definition) is 0. The second-order valence-electron chi connectivity index (χ2n) is 8.52. The van der Waals surface area contributed by atoms with Gasteiger partial charge in [-0.3, -0.25) is 4.90 Å². The molecule has 0 N–H and O–H groups in total. The van der Waals surface area contributed by atoms with Crippen LogP contribution in [0.4, 0.5) is 4.79 Å². The van der Waals surface area contributed by atoms with Crippen molar-refractivity contribution in [2.75, 3.05) is 20.3 Å². The van der Waals surface area contributed by atoms with E-state index in [9.17, 15) is 9.59 Å². The molecule has 30 heavy (non-hydrogen) atoms. The van der Waals surface area contributed by atoms with Gasteiger partial charge in [0.25, 0.3) is 0 Å². The van der Waals surface area contributed by atoms with E-state index < -0.39 is 12.1 Å². The van der Waals surface area contributed by atoms with E-state index in [2.05, 4.69) is 6.92 Å². The summed E-state index contributed by atoms with van der Waals surface area (Å²) in [6.45, 7) is 6.80. The first-order valence-electron chi connectivity index (χ1n) is 12.6. The first-order valence-corrected chi connectivity index (χ1v) is 12.6. The highest BCUT2D eigenvalue weighted by molar-refractivity contribution is 5.80. The third-order valence-corrected chi connectivity index (χ3v) is 5.68. The van der Waals surface area contributed by atoms with Crippen LogP contribution >= 0.6 is 0 Å². The quantitative estimate of drug-likeness (QED) is 0.151. The van der Waals surface area contributed by atoms with Gasteiger partial charge in [0.15, 0.2) is 0 Å². The van der Waals surface area contributed by atoms with Gasteiger partial charge in [0.1, 0.15) is 6.04 Å². The standard InChI is InChI=1S/C25H49NO4/c1-5-7-9-10-11-12-13-14-15-16-17-18-19-20-22-29-24(27)23(3)26(4)25(28)30-21-8-6-2/h23H,5-22H2,1-4H3. The van der Waals surface area contributed by atoms with E-state index in [0.29, 0.717) is 13.2 Å². The summed E-state index contributed by atoms with van der Waals surface area (Å²) in [7, 11) is 1.58. The van der Waals surface area contributed by atoms with E-state index >= 15 is 0 Å².